The van der Waals surface area contributed by atoms with Gasteiger partial charge in [-0.1, -0.05) is 13.3 Å². The molecule has 2 aromatic heterocycles. The van der Waals surface area contributed by atoms with E-state index in [1.165, 1.54) is 12.1 Å². The van der Waals surface area contributed by atoms with Crippen LogP contribution >= 0.6 is 0 Å². The third-order valence-electron chi connectivity index (χ3n) is 3.12. The Labute approximate surface area is 122 Å². The Kier molecular flexibility index (Phi) is 5.26. The molecular weight excluding hydrogens is 269 g/mol. The fourth-order valence-electron chi connectivity index (χ4n) is 2.07. The zero-order valence-electron chi connectivity index (χ0n) is 11.9. The summed E-state index contributed by atoms with van der Waals surface area (Å²) in [6.45, 7) is 2.91. The lowest BCUT2D eigenvalue weighted by Gasteiger charge is -1.90. The number of H-pyrrole nitrogens is 1. The highest BCUT2D eigenvalue weighted by atomic mass is 19.1. The van der Waals surface area contributed by atoms with Crippen LogP contribution in [0.25, 0.3) is 21.8 Å². The topological polar surface area (TPSA) is 57.8 Å². The molecule has 0 aliphatic carbocycles. The maximum absolute atomic E-state index is 12.9. The van der Waals surface area contributed by atoms with Crippen molar-refractivity contribution in [2.45, 2.75) is 19.8 Å². The van der Waals surface area contributed by atoms with E-state index in [2.05, 4.69) is 22.2 Å². The van der Waals surface area contributed by atoms with Crippen LogP contribution in [0.2, 0.25) is 0 Å². The highest BCUT2D eigenvalue weighted by Crippen LogP contribution is 2.24. The Morgan fingerprint density at radius 2 is 2.10 bits per heavy atom. The number of hydrogen-bond donors (Lipinski definition) is 2. The first kappa shape index (κ1) is 15.0. The molecule has 0 fully saturated rings. The molecule has 0 aliphatic heterocycles. The van der Waals surface area contributed by atoms with Gasteiger partial charge in [-0.15, -0.1) is 0 Å². The van der Waals surface area contributed by atoms with Crippen molar-refractivity contribution in [2.24, 2.45) is 0 Å². The third-order valence-corrected chi connectivity index (χ3v) is 3.12. The molecule has 3 rings (SSSR count). The van der Waals surface area contributed by atoms with Crippen molar-refractivity contribution >= 4 is 28.2 Å². The lowest BCUT2D eigenvalue weighted by Crippen LogP contribution is -2.11. The molecule has 0 radical (unpaired) electrons. The number of carbonyl (C=O) groups excluding carboxylic acids is 1. The van der Waals surface area contributed by atoms with Crippen molar-refractivity contribution in [3.05, 3.63) is 42.5 Å². The van der Waals surface area contributed by atoms with Gasteiger partial charge in [-0.05, 0) is 30.7 Å². The first-order valence-corrected chi connectivity index (χ1v) is 6.94. The molecule has 4 nitrogen and oxygen atoms in total. The van der Waals surface area contributed by atoms with Crippen molar-refractivity contribution in [1.82, 2.24) is 15.3 Å². The molecule has 0 saturated heterocycles. The zero-order chi connectivity index (χ0) is 15.1. The van der Waals surface area contributed by atoms with Gasteiger partial charge in [-0.25, -0.2) is 4.39 Å². The van der Waals surface area contributed by atoms with Gasteiger partial charge < -0.3 is 10.3 Å². The number of aromatic nitrogens is 2. The van der Waals surface area contributed by atoms with E-state index in [-0.39, 0.29) is 5.82 Å². The van der Waals surface area contributed by atoms with Gasteiger partial charge in [0.05, 0.1) is 11.7 Å². The molecule has 0 spiro atoms. The first-order valence-electron chi connectivity index (χ1n) is 6.94. The highest BCUT2D eigenvalue weighted by molar-refractivity contribution is 6.06. The van der Waals surface area contributed by atoms with Crippen LogP contribution in [0.3, 0.4) is 0 Å². The van der Waals surface area contributed by atoms with Crippen molar-refractivity contribution in [1.29, 1.82) is 0 Å². The van der Waals surface area contributed by atoms with Crippen molar-refractivity contribution in [3.8, 4) is 0 Å². The molecule has 1 aromatic carbocycles. The number of unbranched alkanes of at least 4 members (excludes halogenated alkanes) is 1. The van der Waals surface area contributed by atoms with E-state index in [1.807, 2.05) is 6.07 Å². The molecule has 2 N–H and O–H groups in total. The van der Waals surface area contributed by atoms with Crippen LogP contribution in [-0.2, 0) is 4.79 Å². The molecule has 0 saturated carbocycles. The summed E-state index contributed by atoms with van der Waals surface area (Å²) in [4.78, 5) is 16.7. The average Bonchev–Trinajstić information content (AvgIpc) is 2.86. The van der Waals surface area contributed by atoms with E-state index in [0.717, 1.165) is 47.6 Å². The average molecular weight is 287 g/mol. The summed E-state index contributed by atoms with van der Waals surface area (Å²) in [6.07, 6.45) is 6.43. The highest BCUT2D eigenvalue weighted by Gasteiger charge is 2.03. The number of carbonyl (C=O) groups is 1. The molecule has 0 aliphatic rings. The van der Waals surface area contributed by atoms with Crippen LogP contribution in [0.5, 0.6) is 0 Å². The fraction of sp³-hybridized carbons (Fsp3) is 0.250. The van der Waals surface area contributed by atoms with Crippen LogP contribution in [0.15, 0.2) is 36.7 Å². The SMILES string of the molecule is CCCCNC=O.Fc1ccc2c(c1)[nH]c1cnccc12. The van der Waals surface area contributed by atoms with Crippen LogP contribution in [0.4, 0.5) is 4.39 Å². The Morgan fingerprint density at radius 3 is 2.86 bits per heavy atom. The van der Waals surface area contributed by atoms with E-state index in [1.54, 1.807) is 18.5 Å². The summed E-state index contributed by atoms with van der Waals surface area (Å²) in [5, 5.41) is 4.68. The Bertz CT molecular complexity index is 724. The number of hydrogen-bond acceptors (Lipinski definition) is 2. The molecule has 5 heteroatoms. The molecular formula is C16H18FN3O. The van der Waals surface area contributed by atoms with Crippen LogP contribution in [0, 0.1) is 5.82 Å². The second-order valence-electron chi connectivity index (χ2n) is 4.66. The van der Waals surface area contributed by atoms with Gasteiger partial charge in [0.15, 0.2) is 0 Å². The Morgan fingerprint density at radius 1 is 1.29 bits per heavy atom. The predicted molar refractivity (Wildman–Crippen MR) is 82.5 cm³/mol. The largest absolute Gasteiger partial charge is 0.359 e. The number of rotatable bonds is 4. The lowest BCUT2D eigenvalue weighted by atomic mass is 10.2. The van der Waals surface area contributed by atoms with E-state index < -0.39 is 0 Å². The third kappa shape index (κ3) is 3.78. The summed E-state index contributed by atoms with van der Waals surface area (Å²) in [7, 11) is 0. The Balaban J connectivity index is 0.000000199. The maximum Gasteiger partial charge on any atom is 0.207 e. The number of halogens is 1. The van der Waals surface area contributed by atoms with E-state index in [0.29, 0.717) is 0 Å². The molecule has 0 unspecified atom stereocenters. The van der Waals surface area contributed by atoms with Gasteiger partial charge >= 0.3 is 0 Å². The summed E-state index contributed by atoms with van der Waals surface area (Å²) in [5.74, 6) is -0.225. The molecule has 2 heterocycles. The minimum absolute atomic E-state index is 0.225. The second kappa shape index (κ2) is 7.38. The molecule has 0 atom stereocenters. The standard InChI is InChI=1S/C11H7FN2.C5H11NO/c12-7-1-2-8-9-3-4-13-6-11(9)14-10(8)5-7;1-2-3-4-6-5-7/h1-6,14H;5H,2-4H2,1H3,(H,6,7). The van der Waals surface area contributed by atoms with E-state index >= 15 is 0 Å². The number of nitrogens with zero attached hydrogens (tertiary/aromatic N) is 1. The maximum atomic E-state index is 12.9. The lowest BCUT2D eigenvalue weighted by molar-refractivity contribution is -0.109. The summed E-state index contributed by atoms with van der Waals surface area (Å²) >= 11 is 0. The monoisotopic (exact) mass is 287 g/mol. The van der Waals surface area contributed by atoms with Crippen LogP contribution in [0.1, 0.15) is 19.8 Å². The number of aromatic amines is 1. The van der Waals surface area contributed by atoms with Crippen molar-refractivity contribution in [3.63, 3.8) is 0 Å². The predicted octanol–water partition coefficient (Wildman–Crippen LogP) is 3.39. The van der Waals surface area contributed by atoms with Gasteiger partial charge in [0, 0.05) is 29.0 Å². The summed E-state index contributed by atoms with van der Waals surface area (Å²) in [5.41, 5.74) is 1.75. The van der Waals surface area contributed by atoms with Gasteiger partial charge in [0.1, 0.15) is 5.82 Å². The number of fused-ring (bicyclic) bond motifs is 3. The van der Waals surface area contributed by atoms with E-state index in [4.69, 9.17) is 0 Å². The summed E-state index contributed by atoms with van der Waals surface area (Å²) in [6, 6.07) is 6.67. The minimum atomic E-state index is -0.225. The molecule has 1 amide bonds. The number of amides is 1. The number of benzene rings is 1. The quantitative estimate of drug-likeness (QED) is 0.571. The number of pyridine rings is 1. The molecule has 0 bridgehead atoms. The fourth-order valence-corrected chi connectivity index (χ4v) is 2.07. The van der Waals surface area contributed by atoms with Crippen molar-refractivity contribution < 1.29 is 9.18 Å². The zero-order valence-corrected chi connectivity index (χ0v) is 11.9. The second-order valence-corrected chi connectivity index (χ2v) is 4.66. The van der Waals surface area contributed by atoms with Gasteiger partial charge in [0.2, 0.25) is 6.41 Å². The molecule has 21 heavy (non-hydrogen) atoms. The Hall–Kier alpha value is -2.43. The smallest absolute Gasteiger partial charge is 0.207 e. The van der Waals surface area contributed by atoms with Crippen LogP contribution in [-0.4, -0.2) is 22.9 Å². The molecule has 110 valence electrons. The first-order chi connectivity index (χ1) is 10.3. The van der Waals surface area contributed by atoms with Gasteiger partial charge in [-0.2, -0.15) is 0 Å². The normalized spacial score (nSPS) is 10.2. The number of nitrogens with one attached hydrogen (secondary N) is 2. The van der Waals surface area contributed by atoms with Crippen molar-refractivity contribution in [2.75, 3.05) is 6.54 Å². The van der Waals surface area contributed by atoms with E-state index in [9.17, 15) is 9.18 Å². The van der Waals surface area contributed by atoms with Gasteiger partial charge in [-0.3, -0.25) is 9.78 Å². The summed E-state index contributed by atoms with van der Waals surface area (Å²) < 4.78 is 12.9. The minimum Gasteiger partial charge on any atom is -0.359 e. The van der Waals surface area contributed by atoms with Crippen LogP contribution < -0.4 is 5.32 Å². The van der Waals surface area contributed by atoms with Gasteiger partial charge in [0.25, 0.3) is 0 Å². The molecule has 3 aromatic rings.